The van der Waals surface area contributed by atoms with E-state index in [1.54, 1.807) is 6.07 Å². The second-order valence-electron chi connectivity index (χ2n) is 7.16. The molecule has 0 saturated heterocycles. The highest BCUT2D eigenvalue weighted by Crippen LogP contribution is 2.36. The van der Waals surface area contributed by atoms with Crippen molar-refractivity contribution in [1.29, 1.82) is 0 Å². The molecule has 1 aromatic heterocycles. The van der Waals surface area contributed by atoms with E-state index in [-0.39, 0.29) is 39.7 Å². The van der Waals surface area contributed by atoms with Gasteiger partial charge >= 0.3 is 5.97 Å². The Bertz CT molecular complexity index is 1480. The number of carbonyl (C=O) groups excluding carboxylic acids is 1. The summed E-state index contributed by atoms with van der Waals surface area (Å²) in [4.78, 5) is 25.7. The van der Waals surface area contributed by atoms with E-state index in [1.807, 2.05) is 0 Å². The van der Waals surface area contributed by atoms with Crippen LogP contribution in [0.3, 0.4) is 0 Å². The Hall–Kier alpha value is -4.92. The van der Waals surface area contributed by atoms with Gasteiger partial charge in [0, 0.05) is 23.8 Å². The Labute approximate surface area is 192 Å². The third kappa shape index (κ3) is 4.35. The minimum atomic E-state index is -0.919. The zero-order valence-corrected chi connectivity index (χ0v) is 17.7. The maximum atomic E-state index is 13.2. The van der Waals surface area contributed by atoms with Crippen LogP contribution in [-0.2, 0) is 4.79 Å². The second kappa shape index (κ2) is 8.91. The molecule has 0 aliphatic heterocycles. The Kier molecular flexibility index (Phi) is 5.84. The van der Waals surface area contributed by atoms with Crippen molar-refractivity contribution in [3.05, 3.63) is 76.5 Å². The summed E-state index contributed by atoms with van der Waals surface area (Å²) in [6, 6.07) is 12.1. The van der Waals surface area contributed by atoms with E-state index >= 15 is 0 Å². The molecule has 0 fully saturated rings. The van der Waals surface area contributed by atoms with Crippen LogP contribution < -0.4 is 14.9 Å². The van der Waals surface area contributed by atoms with Gasteiger partial charge in [-0.1, -0.05) is 6.07 Å². The largest absolute Gasteiger partial charge is 0.508 e. The van der Waals surface area contributed by atoms with E-state index in [2.05, 4.69) is 0 Å². The van der Waals surface area contributed by atoms with E-state index in [0.29, 0.717) is 11.1 Å². The molecule has 0 atom stereocenters. The SMILES string of the molecule is COc1cc(C=CC(=O)Oc2c(-c3ccc(O)cc3)oc3cc(O)cc(O)c3c2=O)ccc1O. The fourth-order valence-electron chi connectivity index (χ4n) is 3.26. The predicted molar refractivity (Wildman–Crippen MR) is 122 cm³/mol. The molecule has 9 nitrogen and oxygen atoms in total. The lowest BCUT2D eigenvalue weighted by atomic mass is 10.1. The lowest BCUT2D eigenvalue weighted by molar-refractivity contribution is -0.129. The smallest absolute Gasteiger partial charge is 0.336 e. The molecule has 34 heavy (non-hydrogen) atoms. The molecule has 4 N–H and O–H groups in total. The van der Waals surface area contributed by atoms with Crippen LogP contribution in [0.5, 0.6) is 34.5 Å². The van der Waals surface area contributed by atoms with Gasteiger partial charge < -0.3 is 34.3 Å². The average molecular weight is 462 g/mol. The van der Waals surface area contributed by atoms with Gasteiger partial charge in [0.05, 0.1) is 7.11 Å². The topological polar surface area (TPSA) is 147 Å². The molecule has 4 rings (SSSR count). The molecule has 0 saturated carbocycles. The maximum Gasteiger partial charge on any atom is 0.336 e. The van der Waals surface area contributed by atoms with Crippen LogP contribution >= 0.6 is 0 Å². The number of carbonyl (C=O) groups is 1. The van der Waals surface area contributed by atoms with E-state index < -0.39 is 22.9 Å². The number of methoxy groups -OCH3 is 1. The quantitative estimate of drug-likeness (QED) is 0.256. The lowest BCUT2D eigenvalue weighted by Gasteiger charge is -2.11. The molecule has 9 heteroatoms. The fraction of sp³-hybridized carbons (Fsp3) is 0.0400. The zero-order chi connectivity index (χ0) is 24.4. The number of phenolic OH excluding ortho intramolecular Hbond substituents is 4. The minimum absolute atomic E-state index is 0.0343. The molecule has 4 aromatic rings. The van der Waals surface area contributed by atoms with Crippen molar-refractivity contribution in [2.24, 2.45) is 0 Å². The Morgan fingerprint density at radius 3 is 2.35 bits per heavy atom. The van der Waals surface area contributed by atoms with Crippen LogP contribution in [0.2, 0.25) is 0 Å². The summed E-state index contributed by atoms with van der Waals surface area (Å²) in [5.74, 6) is -2.33. The maximum absolute atomic E-state index is 13.2. The summed E-state index contributed by atoms with van der Waals surface area (Å²) in [6.45, 7) is 0. The highest BCUT2D eigenvalue weighted by atomic mass is 16.5. The van der Waals surface area contributed by atoms with Gasteiger partial charge in [0.25, 0.3) is 0 Å². The lowest BCUT2D eigenvalue weighted by Crippen LogP contribution is -2.14. The summed E-state index contributed by atoms with van der Waals surface area (Å²) >= 11 is 0. The molecule has 0 radical (unpaired) electrons. The van der Waals surface area contributed by atoms with Gasteiger partial charge in [-0.15, -0.1) is 0 Å². The van der Waals surface area contributed by atoms with Crippen LogP contribution in [0.1, 0.15) is 5.56 Å². The highest BCUT2D eigenvalue weighted by molar-refractivity contribution is 5.92. The van der Waals surface area contributed by atoms with Crippen molar-refractivity contribution < 1.29 is 39.1 Å². The molecular formula is C25H18O9. The Balaban J connectivity index is 1.78. The number of aromatic hydroxyl groups is 4. The van der Waals surface area contributed by atoms with E-state index in [0.717, 1.165) is 18.2 Å². The van der Waals surface area contributed by atoms with Crippen LogP contribution in [0.4, 0.5) is 0 Å². The third-order valence-electron chi connectivity index (χ3n) is 4.87. The van der Waals surface area contributed by atoms with E-state index in [1.165, 1.54) is 49.6 Å². The normalized spacial score (nSPS) is 11.1. The monoisotopic (exact) mass is 462 g/mol. The summed E-state index contributed by atoms with van der Waals surface area (Å²) < 4.78 is 16.1. The van der Waals surface area contributed by atoms with Gasteiger partial charge in [-0.05, 0) is 48.0 Å². The van der Waals surface area contributed by atoms with Crippen molar-refractivity contribution in [3.63, 3.8) is 0 Å². The molecule has 1 heterocycles. The van der Waals surface area contributed by atoms with Crippen molar-refractivity contribution in [2.45, 2.75) is 0 Å². The summed E-state index contributed by atoms with van der Waals surface area (Å²) in [5, 5.41) is 38.9. The number of hydrogen-bond donors (Lipinski definition) is 4. The van der Waals surface area contributed by atoms with Gasteiger partial charge in [0.1, 0.15) is 28.2 Å². The minimum Gasteiger partial charge on any atom is -0.508 e. The van der Waals surface area contributed by atoms with Gasteiger partial charge in [-0.2, -0.15) is 0 Å². The molecular weight excluding hydrogens is 444 g/mol. The molecule has 3 aromatic carbocycles. The van der Waals surface area contributed by atoms with Crippen LogP contribution in [-0.4, -0.2) is 33.5 Å². The number of benzene rings is 3. The van der Waals surface area contributed by atoms with Crippen molar-refractivity contribution in [1.82, 2.24) is 0 Å². The number of hydrogen-bond acceptors (Lipinski definition) is 9. The predicted octanol–water partition coefficient (Wildman–Crippen LogP) is 3.91. The summed E-state index contributed by atoms with van der Waals surface area (Å²) in [5.41, 5.74) is -0.148. The molecule has 172 valence electrons. The second-order valence-corrected chi connectivity index (χ2v) is 7.16. The number of esters is 1. The van der Waals surface area contributed by atoms with Crippen LogP contribution in [0, 0.1) is 0 Å². The molecule has 0 unspecified atom stereocenters. The highest BCUT2D eigenvalue weighted by Gasteiger charge is 2.22. The first kappa shape index (κ1) is 22.3. The molecule has 0 spiro atoms. The van der Waals surface area contributed by atoms with Gasteiger partial charge in [-0.3, -0.25) is 4.79 Å². The fourth-order valence-corrected chi connectivity index (χ4v) is 3.26. The van der Waals surface area contributed by atoms with Gasteiger partial charge in [0.2, 0.25) is 11.2 Å². The number of phenols is 4. The Morgan fingerprint density at radius 2 is 1.65 bits per heavy atom. The van der Waals surface area contributed by atoms with Crippen LogP contribution in [0.15, 0.2) is 69.9 Å². The van der Waals surface area contributed by atoms with Crippen LogP contribution in [0.25, 0.3) is 28.4 Å². The summed E-state index contributed by atoms with van der Waals surface area (Å²) in [6.07, 6.45) is 2.45. The number of rotatable bonds is 5. The number of ether oxygens (including phenoxy) is 2. The first-order valence-electron chi connectivity index (χ1n) is 9.86. The summed E-state index contributed by atoms with van der Waals surface area (Å²) in [7, 11) is 1.38. The molecule has 0 amide bonds. The average Bonchev–Trinajstić information content (AvgIpc) is 2.80. The number of fused-ring (bicyclic) bond motifs is 1. The molecule has 0 aliphatic carbocycles. The Morgan fingerprint density at radius 1 is 0.912 bits per heavy atom. The first-order chi connectivity index (χ1) is 16.3. The van der Waals surface area contributed by atoms with E-state index in [9.17, 15) is 30.0 Å². The molecule has 0 aliphatic rings. The third-order valence-corrected chi connectivity index (χ3v) is 4.87. The van der Waals surface area contributed by atoms with Crippen molar-refractivity contribution in [2.75, 3.05) is 7.11 Å². The standard InChI is InChI=1S/C25H18O9/c1-32-19-10-13(2-8-17(19)28)3-9-21(30)34-25-23(31)22-18(29)11-16(27)12-20(22)33-24(25)14-4-6-15(26)7-5-14/h2-12,26-29H,1H3. The van der Waals surface area contributed by atoms with Gasteiger partial charge in [0.15, 0.2) is 17.3 Å². The zero-order valence-electron chi connectivity index (χ0n) is 17.7. The van der Waals surface area contributed by atoms with Crippen molar-refractivity contribution in [3.8, 4) is 45.8 Å². The van der Waals surface area contributed by atoms with Crippen molar-refractivity contribution >= 4 is 23.0 Å². The molecule has 0 bridgehead atoms. The van der Waals surface area contributed by atoms with E-state index in [4.69, 9.17) is 13.9 Å². The first-order valence-corrected chi connectivity index (χ1v) is 9.86. The van der Waals surface area contributed by atoms with Gasteiger partial charge in [-0.25, -0.2) is 4.79 Å².